The minimum absolute atomic E-state index is 0.0919. The molecule has 2 aromatic rings. The summed E-state index contributed by atoms with van der Waals surface area (Å²) >= 11 is 0. The number of benzene rings is 2. The first-order valence-electron chi connectivity index (χ1n) is 9.59. The largest absolute Gasteiger partial charge is 0.496 e. The van der Waals surface area contributed by atoms with Crippen LogP contribution in [-0.4, -0.2) is 57.2 Å². The fourth-order valence-corrected chi connectivity index (χ4v) is 3.57. The molecule has 1 amide bonds. The Morgan fingerprint density at radius 1 is 1.04 bits per heavy atom. The topological polar surface area (TPSA) is 44.8 Å². The van der Waals surface area contributed by atoms with E-state index in [-0.39, 0.29) is 5.91 Å². The molecule has 1 saturated heterocycles. The SMILES string of the molecule is COc1ccccc1CCNC(=O)CN1CCN(c2ccccc2C)CC1. The molecule has 2 aromatic carbocycles. The Balaban J connectivity index is 1.40. The number of carbonyl (C=O) groups is 1. The van der Waals surface area contributed by atoms with Gasteiger partial charge in [0.25, 0.3) is 0 Å². The van der Waals surface area contributed by atoms with Crippen LogP contribution in [0.3, 0.4) is 0 Å². The molecule has 1 fully saturated rings. The Labute approximate surface area is 161 Å². The summed E-state index contributed by atoms with van der Waals surface area (Å²) in [5.74, 6) is 0.966. The molecule has 1 aliphatic heterocycles. The van der Waals surface area contributed by atoms with E-state index in [2.05, 4.69) is 46.3 Å². The van der Waals surface area contributed by atoms with Crippen LogP contribution in [0.1, 0.15) is 11.1 Å². The van der Waals surface area contributed by atoms with Gasteiger partial charge in [0.15, 0.2) is 0 Å². The standard InChI is InChI=1S/C22H29N3O2/c1-18-7-3-5-9-20(18)25-15-13-24(14-16-25)17-22(26)23-12-11-19-8-4-6-10-21(19)27-2/h3-10H,11-17H2,1-2H3,(H,23,26). The van der Waals surface area contributed by atoms with Crippen LogP contribution in [0.5, 0.6) is 5.75 Å². The van der Waals surface area contributed by atoms with Crippen molar-refractivity contribution >= 4 is 11.6 Å². The quantitative estimate of drug-likeness (QED) is 0.817. The number of para-hydroxylation sites is 2. The predicted octanol–water partition coefficient (Wildman–Crippen LogP) is 2.48. The molecule has 1 heterocycles. The molecule has 144 valence electrons. The second-order valence-corrected chi connectivity index (χ2v) is 6.96. The van der Waals surface area contributed by atoms with Crippen molar-refractivity contribution in [3.63, 3.8) is 0 Å². The number of amides is 1. The fraction of sp³-hybridized carbons (Fsp3) is 0.409. The van der Waals surface area contributed by atoms with Crippen molar-refractivity contribution < 1.29 is 9.53 Å². The number of rotatable bonds is 7. The molecule has 1 aliphatic rings. The highest BCUT2D eigenvalue weighted by Crippen LogP contribution is 2.20. The van der Waals surface area contributed by atoms with E-state index < -0.39 is 0 Å². The number of ether oxygens (including phenoxy) is 1. The van der Waals surface area contributed by atoms with Crippen LogP contribution in [-0.2, 0) is 11.2 Å². The molecule has 0 spiro atoms. The first kappa shape index (κ1) is 19.2. The minimum Gasteiger partial charge on any atom is -0.496 e. The smallest absolute Gasteiger partial charge is 0.234 e. The number of carbonyl (C=O) groups excluding carboxylic acids is 1. The van der Waals surface area contributed by atoms with Crippen molar-refractivity contribution in [2.45, 2.75) is 13.3 Å². The first-order valence-corrected chi connectivity index (χ1v) is 9.59. The van der Waals surface area contributed by atoms with Crippen LogP contribution in [0.15, 0.2) is 48.5 Å². The first-order chi connectivity index (χ1) is 13.2. The van der Waals surface area contributed by atoms with Crippen LogP contribution in [0, 0.1) is 6.92 Å². The predicted molar refractivity (Wildman–Crippen MR) is 110 cm³/mol. The Bertz CT molecular complexity index is 755. The minimum atomic E-state index is 0.0919. The maximum atomic E-state index is 12.3. The van der Waals surface area contributed by atoms with Gasteiger partial charge in [-0.1, -0.05) is 36.4 Å². The summed E-state index contributed by atoms with van der Waals surface area (Å²) in [6.07, 6.45) is 0.775. The molecule has 1 N–H and O–H groups in total. The average molecular weight is 367 g/mol. The van der Waals surface area contributed by atoms with Gasteiger partial charge in [-0.05, 0) is 36.6 Å². The third-order valence-corrected chi connectivity index (χ3v) is 5.10. The molecule has 0 saturated carbocycles. The van der Waals surface area contributed by atoms with Gasteiger partial charge in [-0.3, -0.25) is 9.69 Å². The lowest BCUT2D eigenvalue weighted by molar-refractivity contribution is -0.122. The number of aryl methyl sites for hydroxylation is 1. The summed E-state index contributed by atoms with van der Waals surface area (Å²) in [4.78, 5) is 16.9. The molecule has 5 nitrogen and oxygen atoms in total. The molecular formula is C22H29N3O2. The van der Waals surface area contributed by atoms with E-state index >= 15 is 0 Å². The van der Waals surface area contributed by atoms with Gasteiger partial charge in [-0.2, -0.15) is 0 Å². The molecule has 0 atom stereocenters. The lowest BCUT2D eigenvalue weighted by atomic mass is 10.1. The van der Waals surface area contributed by atoms with Crippen LogP contribution >= 0.6 is 0 Å². The van der Waals surface area contributed by atoms with Crippen molar-refractivity contribution in [2.75, 3.05) is 51.3 Å². The molecule has 0 aliphatic carbocycles. The maximum absolute atomic E-state index is 12.3. The molecule has 0 radical (unpaired) electrons. The monoisotopic (exact) mass is 367 g/mol. The van der Waals surface area contributed by atoms with Crippen molar-refractivity contribution in [1.29, 1.82) is 0 Å². The third-order valence-electron chi connectivity index (χ3n) is 5.10. The van der Waals surface area contributed by atoms with E-state index in [0.717, 1.165) is 43.9 Å². The van der Waals surface area contributed by atoms with Gasteiger partial charge in [0.05, 0.1) is 13.7 Å². The fourth-order valence-electron chi connectivity index (χ4n) is 3.57. The Morgan fingerprint density at radius 2 is 1.74 bits per heavy atom. The summed E-state index contributed by atoms with van der Waals surface area (Å²) in [7, 11) is 1.67. The lowest BCUT2D eigenvalue weighted by Gasteiger charge is -2.36. The molecule has 27 heavy (non-hydrogen) atoms. The Morgan fingerprint density at radius 3 is 2.48 bits per heavy atom. The van der Waals surface area contributed by atoms with E-state index in [9.17, 15) is 4.79 Å². The molecule has 3 rings (SSSR count). The number of anilines is 1. The van der Waals surface area contributed by atoms with Gasteiger partial charge in [0, 0.05) is 38.4 Å². The highest BCUT2D eigenvalue weighted by atomic mass is 16.5. The number of nitrogens with one attached hydrogen (secondary N) is 1. The van der Waals surface area contributed by atoms with Crippen LogP contribution in [0.2, 0.25) is 0 Å². The average Bonchev–Trinajstić information content (AvgIpc) is 2.69. The Kier molecular flexibility index (Phi) is 6.71. The maximum Gasteiger partial charge on any atom is 0.234 e. The molecule has 0 aromatic heterocycles. The highest BCUT2D eigenvalue weighted by molar-refractivity contribution is 5.78. The number of nitrogens with zero attached hydrogens (tertiary/aromatic N) is 2. The second kappa shape index (κ2) is 9.42. The van der Waals surface area contributed by atoms with Crippen molar-refractivity contribution in [1.82, 2.24) is 10.2 Å². The zero-order chi connectivity index (χ0) is 19.1. The highest BCUT2D eigenvalue weighted by Gasteiger charge is 2.19. The van der Waals surface area contributed by atoms with Gasteiger partial charge in [-0.15, -0.1) is 0 Å². The van der Waals surface area contributed by atoms with Crippen LogP contribution in [0.4, 0.5) is 5.69 Å². The summed E-state index contributed by atoms with van der Waals surface area (Å²) < 4.78 is 5.35. The van der Waals surface area contributed by atoms with Crippen molar-refractivity contribution in [3.8, 4) is 5.75 Å². The van der Waals surface area contributed by atoms with Crippen LogP contribution < -0.4 is 15.0 Å². The van der Waals surface area contributed by atoms with E-state index in [1.54, 1.807) is 7.11 Å². The number of hydrogen-bond acceptors (Lipinski definition) is 4. The normalized spacial score (nSPS) is 14.8. The number of piperazine rings is 1. The number of methoxy groups -OCH3 is 1. The van der Waals surface area contributed by atoms with E-state index in [1.165, 1.54) is 11.3 Å². The molecule has 5 heteroatoms. The Hall–Kier alpha value is -2.53. The summed E-state index contributed by atoms with van der Waals surface area (Å²) in [5.41, 5.74) is 3.73. The van der Waals surface area contributed by atoms with Gasteiger partial charge < -0.3 is 15.0 Å². The van der Waals surface area contributed by atoms with Gasteiger partial charge in [0.2, 0.25) is 5.91 Å². The van der Waals surface area contributed by atoms with Gasteiger partial charge in [0.1, 0.15) is 5.75 Å². The number of hydrogen-bond donors (Lipinski definition) is 1. The van der Waals surface area contributed by atoms with E-state index in [4.69, 9.17) is 4.74 Å². The summed E-state index contributed by atoms with van der Waals surface area (Å²) in [5, 5.41) is 3.03. The van der Waals surface area contributed by atoms with E-state index in [0.29, 0.717) is 13.1 Å². The van der Waals surface area contributed by atoms with Crippen molar-refractivity contribution in [2.24, 2.45) is 0 Å². The van der Waals surface area contributed by atoms with Gasteiger partial charge in [-0.25, -0.2) is 0 Å². The second-order valence-electron chi connectivity index (χ2n) is 6.96. The zero-order valence-electron chi connectivity index (χ0n) is 16.3. The van der Waals surface area contributed by atoms with Crippen molar-refractivity contribution in [3.05, 3.63) is 59.7 Å². The molecule has 0 bridgehead atoms. The van der Waals surface area contributed by atoms with Gasteiger partial charge >= 0.3 is 0 Å². The van der Waals surface area contributed by atoms with E-state index in [1.807, 2.05) is 24.3 Å². The summed E-state index contributed by atoms with van der Waals surface area (Å²) in [6, 6.07) is 16.4. The lowest BCUT2D eigenvalue weighted by Crippen LogP contribution is -2.49. The molecular weight excluding hydrogens is 338 g/mol. The third kappa shape index (κ3) is 5.23. The zero-order valence-corrected chi connectivity index (χ0v) is 16.3. The molecule has 0 unspecified atom stereocenters. The summed E-state index contributed by atoms with van der Waals surface area (Å²) in [6.45, 7) is 6.98. The van der Waals surface area contributed by atoms with Crippen LogP contribution in [0.25, 0.3) is 0 Å².